The van der Waals surface area contributed by atoms with Crippen LogP contribution in [-0.2, 0) is 9.53 Å². The zero-order chi connectivity index (χ0) is 16.8. The van der Waals surface area contributed by atoms with Crippen LogP contribution in [0.25, 0.3) is 0 Å². The summed E-state index contributed by atoms with van der Waals surface area (Å²) in [5, 5.41) is 0. The van der Waals surface area contributed by atoms with Crippen LogP contribution in [0.15, 0.2) is 6.07 Å². The van der Waals surface area contributed by atoms with E-state index in [9.17, 15) is 4.79 Å². The van der Waals surface area contributed by atoms with Crippen molar-refractivity contribution in [1.29, 1.82) is 0 Å². The first-order chi connectivity index (χ1) is 11.0. The maximum absolute atomic E-state index is 12.7. The number of morpholine rings is 1. The lowest BCUT2D eigenvalue weighted by Gasteiger charge is -2.31. The van der Waals surface area contributed by atoms with Gasteiger partial charge in [-0.3, -0.25) is 4.79 Å². The fraction of sp³-hybridized carbons (Fsp3) is 0.667. The van der Waals surface area contributed by atoms with E-state index in [1.54, 1.807) is 11.0 Å². The Morgan fingerprint density at radius 3 is 2.22 bits per heavy atom. The van der Waals surface area contributed by atoms with E-state index in [4.69, 9.17) is 18.9 Å². The monoisotopic (exact) mass is 325 g/mol. The molecule has 2 heterocycles. The van der Waals surface area contributed by atoms with Crippen molar-refractivity contribution in [2.24, 2.45) is 5.92 Å². The number of methoxy groups -OCH3 is 2. The molecule has 1 aliphatic rings. The number of carbonyl (C=O) groups is 1. The number of amides is 1. The standard InChI is InChI=1S/C15H23N3O5/c1-10(2)13(14(19)18-5-7-22-8-6-18)23-15-16-11(20-3)9-12(17-15)21-4/h9-10,13H,5-8H2,1-4H3. The van der Waals surface area contributed by atoms with Crippen LogP contribution >= 0.6 is 0 Å². The third-order valence-corrected chi connectivity index (χ3v) is 3.48. The largest absolute Gasteiger partial charge is 0.481 e. The highest BCUT2D eigenvalue weighted by molar-refractivity contribution is 5.81. The summed E-state index contributed by atoms with van der Waals surface area (Å²) in [5.41, 5.74) is 0. The first-order valence-electron chi connectivity index (χ1n) is 7.55. The summed E-state index contributed by atoms with van der Waals surface area (Å²) in [5.74, 6) is 0.501. The summed E-state index contributed by atoms with van der Waals surface area (Å²) in [4.78, 5) is 22.7. The molecule has 2 rings (SSSR count). The average molecular weight is 325 g/mol. The van der Waals surface area contributed by atoms with E-state index in [0.717, 1.165) is 0 Å². The second kappa shape index (κ2) is 7.96. The minimum atomic E-state index is -0.676. The first-order valence-corrected chi connectivity index (χ1v) is 7.55. The number of rotatable bonds is 6. The molecule has 1 amide bonds. The van der Waals surface area contributed by atoms with E-state index in [2.05, 4.69) is 9.97 Å². The van der Waals surface area contributed by atoms with Crippen molar-refractivity contribution in [2.75, 3.05) is 40.5 Å². The molecule has 1 aromatic heterocycles. The lowest BCUT2D eigenvalue weighted by atomic mass is 10.1. The van der Waals surface area contributed by atoms with Crippen molar-refractivity contribution < 1.29 is 23.7 Å². The van der Waals surface area contributed by atoms with E-state index in [-0.39, 0.29) is 17.8 Å². The van der Waals surface area contributed by atoms with Gasteiger partial charge in [-0.1, -0.05) is 13.8 Å². The van der Waals surface area contributed by atoms with Crippen molar-refractivity contribution in [2.45, 2.75) is 20.0 Å². The summed E-state index contributed by atoms with van der Waals surface area (Å²) in [6.45, 7) is 6.04. The van der Waals surface area contributed by atoms with Gasteiger partial charge >= 0.3 is 6.01 Å². The van der Waals surface area contributed by atoms with Crippen LogP contribution in [0.4, 0.5) is 0 Å². The number of nitrogens with zero attached hydrogens (tertiary/aromatic N) is 3. The predicted molar refractivity (Wildman–Crippen MR) is 81.8 cm³/mol. The van der Waals surface area contributed by atoms with Crippen LogP contribution in [0.3, 0.4) is 0 Å². The van der Waals surface area contributed by atoms with Crippen LogP contribution in [0.2, 0.25) is 0 Å². The Morgan fingerprint density at radius 2 is 1.74 bits per heavy atom. The van der Waals surface area contributed by atoms with E-state index in [1.165, 1.54) is 14.2 Å². The quantitative estimate of drug-likeness (QED) is 0.763. The van der Waals surface area contributed by atoms with Gasteiger partial charge in [0.25, 0.3) is 5.91 Å². The molecule has 1 unspecified atom stereocenters. The van der Waals surface area contributed by atoms with Gasteiger partial charge in [0.2, 0.25) is 11.8 Å². The highest BCUT2D eigenvalue weighted by atomic mass is 16.5. The number of aromatic nitrogens is 2. The number of ether oxygens (including phenoxy) is 4. The Kier molecular flexibility index (Phi) is 5.97. The van der Waals surface area contributed by atoms with Gasteiger partial charge < -0.3 is 23.8 Å². The summed E-state index contributed by atoms with van der Waals surface area (Å²) >= 11 is 0. The van der Waals surface area contributed by atoms with Gasteiger partial charge in [-0.05, 0) is 5.92 Å². The molecular weight excluding hydrogens is 302 g/mol. The molecule has 0 N–H and O–H groups in total. The molecule has 128 valence electrons. The lowest BCUT2D eigenvalue weighted by Crippen LogP contribution is -2.49. The van der Waals surface area contributed by atoms with Gasteiger partial charge in [0.15, 0.2) is 6.10 Å². The minimum Gasteiger partial charge on any atom is -0.481 e. The molecule has 0 radical (unpaired) electrons. The predicted octanol–water partition coefficient (Wildman–Crippen LogP) is 0.756. The SMILES string of the molecule is COc1cc(OC)nc(OC(C(=O)N2CCOCC2)C(C)C)n1. The lowest BCUT2D eigenvalue weighted by molar-refractivity contribution is -0.145. The van der Waals surface area contributed by atoms with Gasteiger partial charge in [0, 0.05) is 13.1 Å². The van der Waals surface area contributed by atoms with Crippen molar-refractivity contribution in [1.82, 2.24) is 14.9 Å². The molecule has 0 bridgehead atoms. The highest BCUT2D eigenvalue weighted by Crippen LogP contribution is 2.21. The van der Waals surface area contributed by atoms with Crippen LogP contribution in [0.1, 0.15) is 13.8 Å². The summed E-state index contributed by atoms with van der Waals surface area (Å²) in [6.07, 6.45) is -0.676. The van der Waals surface area contributed by atoms with Gasteiger partial charge in [0.1, 0.15) is 0 Å². The molecule has 1 atom stereocenters. The van der Waals surface area contributed by atoms with E-state index >= 15 is 0 Å². The Bertz CT molecular complexity index is 510. The van der Waals surface area contributed by atoms with Crippen LogP contribution < -0.4 is 14.2 Å². The number of carbonyl (C=O) groups excluding carboxylic acids is 1. The molecule has 1 saturated heterocycles. The molecule has 1 aromatic rings. The number of hydrogen-bond donors (Lipinski definition) is 0. The van der Waals surface area contributed by atoms with Gasteiger partial charge in [0.05, 0.1) is 33.5 Å². The van der Waals surface area contributed by atoms with Crippen molar-refractivity contribution >= 4 is 5.91 Å². The normalized spacial score (nSPS) is 16.1. The first kappa shape index (κ1) is 17.3. The molecule has 0 aromatic carbocycles. The molecule has 0 spiro atoms. The van der Waals surface area contributed by atoms with Crippen molar-refractivity contribution in [3.63, 3.8) is 0 Å². The highest BCUT2D eigenvalue weighted by Gasteiger charge is 2.31. The Labute approximate surface area is 135 Å². The summed E-state index contributed by atoms with van der Waals surface area (Å²) in [6, 6.07) is 1.60. The van der Waals surface area contributed by atoms with Gasteiger partial charge in [-0.15, -0.1) is 0 Å². The molecule has 1 fully saturated rings. The van der Waals surface area contributed by atoms with E-state index in [1.807, 2.05) is 13.8 Å². The van der Waals surface area contributed by atoms with Crippen LogP contribution in [-0.4, -0.2) is 67.4 Å². The topological polar surface area (TPSA) is 83.0 Å². The summed E-state index contributed by atoms with van der Waals surface area (Å²) in [7, 11) is 2.98. The van der Waals surface area contributed by atoms with Crippen molar-refractivity contribution in [3.8, 4) is 17.8 Å². The second-order valence-electron chi connectivity index (χ2n) is 5.46. The Balaban J connectivity index is 2.17. The third-order valence-electron chi connectivity index (χ3n) is 3.48. The van der Waals surface area contributed by atoms with Crippen LogP contribution in [0, 0.1) is 5.92 Å². The van der Waals surface area contributed by atoms with Crippen molar-refractivity contribution in [3.05, 3.63) is 6.07 Å². The number of hydrogen-bond acceptors (Lipinski definition) is 7. The van der Waals surface area contributed by atoms with E-state index in [0.29, 0.717) is 38.1 Å². The molecule has 0 aliphatic carbocycles. The van der Waals surface area contributed by atoms with E-state index < -0.39 is 6.10 Å². The van der Waals surface area contributed by atoms with Crippen LogP contribution in [0.5, 0.6) is 17.8 Å². The Hall–Kier alpha value is -2.09. The maximum atomic E-state index is 12.7. The zero-order valence-electron chi connectivity index (χ0n) is 13.9. The molecule has 8 nitrogen and oxygen atoms in total. The minimum absolute atomic E-state index is 0.0360. The molecular formula is C15H23N3O5. The fourth-order valence-corrected chi connectivity index (χ4v) is 2.19. The fourth-order valence-electron chi connectivity index (χ4n) is 2.19. The molecule has 23 heavy (non-hydrogen) atoms. The van der Waals surface area contributed by atoms with Gasteiger partial charge in [-0.2, -0.15) is 9.97 Å². The third kappa shape index (κ3) is 4.44. The summed E-state index contributed by atoms with van der Waals surface area (Å²) < 4.78 is 21.2. The molecule has 0 saturated carbocycles. The average Bonchev–Trinajstić information content (AvgIpc) is 2.59. The molecule has 8 heteroatoms. The smallest absolute Gasteiger partial charge is 0.323 e. The van der Waals surface area contributed by atoms with Gasteiger partial charge in [-0.25, -0.2) is 0 Å². The molecule has 1 aliphatic heterocycles. The second-order valence-corrected chi connectivity index (χ2v) is 5.46. The maximum Gasteiger partial charge on any atom is 0.323 e. The Morgan fingerprint density at radius 1 is 1.17 bits per heavy atom. The zero-order valence-corrected chi connectivity index (χ0v) is 13.9.